The Balaban J connectivity index is 2.43. The number of pyridine rings is 1. The molecular formula is C8H8ClNO. The highest BCUT2D eigenvalue weighted by molar-refractivity contribution is 6.29. The van der Waals surface area contributed by atoms with Gasteiger partial charge in [-0.25, -0.2) is 4.98 Å². The maximum absolute atomic E-state index is 5.72. The van der Waals surface area contributed by atoms with Crippen molar-refractivity contribution in [3.8, 4) is 0 Å². The van der Waals surface area contributed by atoms with E-state index in [1.165, 1.54) is 5.56 Å². The standard InChI is InChI=1S/C8H8ClNO/c9-8-2-1-6-5-11-4-3-7(6)10-8/h1-2H,3-5H2. The van der Waals surface area contributed by atoms with Gasteiger partial charge in [0.1, 0.15) is 5.15 Å². The van der Waals surface area contributed by atoms with Crippen molar-refractivity contribution in [3.05, 3.63) is 28.5 Å². The summed E-state index contributed by atoms with van der Waals surface area (Å²) in [6, 6.07) is 3.78. The van der Waals surface area contributed by atoms with E-state index in [1.54, 1.807) is 6.07 Å². The summed E-state index contributed by atoms with van der Waals surface area (Å²) in [5, 5.41) is 0.575. The third kappa shape index (κ3) is 1.37. The number of rotatable bonds is 0. The van der Waals surface area contributed by atoms with Crippen LogP contribution >= 0.6 is 11.6 Å². The summed E-state index contributed by atoms with van der Waals surface area (Å²) in [5.41, 5.74) is 2.25. The average Bonchev–Trinajstić information content (AvgIpc) is 2.04. The van der Waals surface area contributed by atoms with Crippen molar-refractivity contribution in [1.29, 1.82) is 0 Å². The van der Waals surface area contributed by atoms with E-state index in [4.69, 9.17) is 16.3 Å². The predicted octanol–water partition coefficient (Wildman–Crippen LogP) is 1.81. The number of fused-ring (bicyclic) bond motifs is 1. The molecule has 2 heterocycles. The summed E-state index contributed by atoms with van der Waals surface area (Å²) >= 11 is 5.72. The highest BCUT2D eigenvalue weighted by Crippen LogP contribution is 2.16. The van der Waals surface area contributed by atoms with Crippen molar-refractivity contribution in [2.24, 2.45) is 0 Å². The molecule has 0 fully saturated rings. The second-order valence-electron chi connectivity index (χ2n) is 2.54. The minimum atomic E-state index is 0.575. The van der Waals surface area contributed by atoms with E-state index >= 15 is 0 Å². The second kappa shape index (κ2) is 2.80. The Morgan fingerprint density at radius 2 is 2.36 bits per heavy atom. The number of aromatic nitrogens is 1. The van der Waals surface area contributed by atoms with Crippen LogP contribution in [0.1, 0.15) is 11.3 Å². The monoisotopic (exact) mass is 169 g/mol. The Kier molecular flexibility index (Phi) is 1.80. The topological polar surface area (TPSA) is 22.1 Å². The predicted molar refractivity (Wildman–Crippen MR) is 42.6 cm³/mol. The van der Waals surface area contributed by atoms with Crippen molar-refractivity contribution >= 4 is 11.6 Å². The van der Waals surface area contributed by atoms with Crippen molar-refractivity contribution in [3.63, 3.8) is 0 Å². The summed E-state index contributed by atoms with van der Waals surface area (Å²) in [4.78, 5) is 4.20. The molecule has 0 radical (unpaired) electrons. The fraction of sp³-hybridized carbons (Fsp3) is 0.375. The summed E-state index contributed by atoms with van der Waals surface area (Å²) in [5.74, 6) is 0. The van der Waals surface area contributed by atoms with Gasteiger partial charge in [-0.3, -0.25) is 0 Å². The smallest absolute Gasteiger partial charge is 0.129 e. The van der Waals surface area contributed by atoms with Crippen molar-refractivity contribution in [2.75, 3.05) is 6.61 Å². The summed E-state index contributed by atoms with van der Waals surface area (Å²) < 4.78 is 5.25. The molecule has 3 heteroatoms. The first-order valence-corrected chi connectivity index (χ1v) is 3.96. The summed E-state index contributed by atoms with van der Waals surface area (Å²) in [6.45, 7) is 1.44. The van der Waals surface area contributed by atoms with Crippen LogP contribution in [-0.4, -0.2) is 11.6 Å². The van der Waals surface area contributed by atoms with Gasteiger partial charge in [-0.1, -0.05) is 17.7 Å². The van der Waals surface area contributed by atoms with Crippen LogP contribution in [0.15, 0.2) is 12.1 Å². The second-order valence-corrected chi connectivity index (χ2v) is 2.93. The van der Waals surface area contributed by atoms with E-state index in [1.807, 2.05) is 6.07 Å². The molecule has 2 nitrogen and oxygen atoms in total. The van der Waals surface area contributed by atoms with Crippen LogP contribution in [0.3, 0.4) is 0 Å². The summed E-state index contributed by atoms with van der Waals surface area (Å²) in [7, 11) is 0. The minimum Gasteiger partial charge on any atom is -0.376 e. The molecule has 58 valence electrons. The highest BCUT2D eigenvalue weighted by atomic mass is 35.5. The Labute approximate surface area is 70.2 Å². The molecule has 1 aliphatic rings. The lowest BCUT2D eigenvalue weighted by Crippen LogP contribution is -2.11. The van der Waals surface area contributed by atoms with E-state index in [2.05, 4.69) is 4.98 Å². The molecule has 0 aliphatic carbocycles. The zero-order valence-electron chi connectivity index (χ0n) is 6.01. The molecule has 1 aromatic heterocycles. The molecule has 0 amide bonds. The lowest BCUT2D eigenvalue weighted by Gasteiger charge is -2.14. The molecule has 1 aliphatic heterocycles. The van der Waals surface area contributed by atoms with E-state index in [9.17, 15) is 0 Å². The molecule has 0 spiro atoms. The normalized spacial score (nSPS) is 16.1. The molecule has 0 N–H and O–H groups in total. The van der Waals surface area contributed by atoms with E-state index in [0.29, 0.717) is 11.8 Å². The van der Waals surface area contributed by atoms with Crippen LogP contribution in [0.2, 0.25) is 5.15 Å². The lowest BCUT2D eigenvalue weighted by molar-refractivity contribution is 0.109. The van der Waals surface area contributed by atoms with Crippen LogP contribution in [0.4, 0.5) is 0 Å². The van der Waals surface area contributed by atoms with Gasteiger partial charge in [-0.2, -0.15) is 0 Å². The van der Waals surface area contributed by atoms with Gasteiger partial charge in [0.05, 0.1) is 13.2 Å². The zero-order valence-corrected chi connectivity index (χ0v) is 6.77. The first-order valence-electron chi connectivity index (χ1n) is 3.58. The first-order chi connectivity index (χ1) is 5.36. The van der Waals surface area contributed by atoms with Gasteiger partial charge in [0.2, 0.25) is 0 Å². The van der Waals surface area contributed by atoms with Crippen LogP contribution in [0.25, 0.3) is 0 Å². The van der Waals surface area contributed by atoms with Crippen LogP contribution in [0, 0.1) is 0 Å². The average molecular weight is 170 g/mol. The first kappa shape index (κ1) is 7.07. The Bertz CT molecular complexity index is 275. The largest absolute Gasteiger partial charge is 0.376 e. The third-order valence-corrected chi connectivity index (χ3v) is 1.99. The maximum atomic E-state index is 5.72. The summed E-state index contributed by atoms with van der Waals surface area (Å²) in [6.07, 6.45) is 0.885. The Morgan fingerprint density at radius 3 is 3.27 bits per heavy atom. The molecule has 11 heavy (non-hydrogen) atoms. The fourth-order valence-corrected chi connectivity index (χ4v) is 1.37. The van der Waals surface area contributed by atoms with Gasteiger partial charge < -0.3 is 4.74 Å². The van der Waals surface area contributed by atoms with Gasteiger partial charge in [-0.05, 0) is 11.6 Å². The van der Waals surface area contributed by atoms with Crippen LogP contribution < -0.4 is 0 Å². The molecule has 0 bridgehead atoms. The van der Waals surface area contributed by atoms with Crippen molar-refractivity contribution < 1.29 is 4.74 Å². The third-order valence-electron chi connectivity index (χ3n) is 1.78. The van der Waals surface area contributed by atoms with E-state index in [0.717, 1.165) is 18.7 Å². The quantitative estimate of drug-likeness (QED) is 0.553. The van der Waals surface area contributed by atoms with Gasteiger partial charge >= 0.3 is 0 Å². The highest BCUT2D eigenvalue weighted by Gasteiger charge is 2.09. The molecule has 0 saturated heterocycles. The van der Waals surface area contributed by atoms with Gasteiger partial charge in [0.25, 0.3) is 0 Å². The number of hydrogen-bond acceptors (Lipinski definition) is 2. The van der Waals surface area contributed by atoms with E-state index in [-0.39, 0.29) is 0 Å². The molecular weight excluding hydrogens is 162 g/mol. The Morgan fingerprint density at radius 1 is 1.45 bits per heavy atom. The number of hydrogen-bond donors (Lipinski definition) is 0. The van der Waals surface area contributed by atoms with Crippen molar-refractivity contribution in [1.82, 2.24) is 4.98 Å². The minimum absolute atomic E-state index is 0.575. The van der Waals surface area contributed by atoms with E-state index < -0.39 is 0 Å². The van der Waals surface area contributed by atoms with Crippen LogP contribution in [0.5, 0.6) is 0 Å². The number of nitrogens with zero attached hydrogens (tertiary/aromatic N) is 1. The molecule has 1 aromatic rings. The van der Waals surface area contributed by atoms with Gasteiger partial charge in [0, 0.05) is 12.1 Å². The molecule has 0 atom stereocenters. The lowest BCUT2D eigenvalue weighted by atomic mass is 10.1. The molecule has 0 saturated carbocycles. The molecule has 0 aromatic carbocycles. The Hall–Kier alpha value is -0.600. The molecule has 2 rings (SSSR count). The SMILES string of the molecule is Clc1ccc2c(n1)CCOC2. The van der Waals surface area contributed by atoms with Crippen molar-refractivity contribution in [2.45, 2.75) is 13.0 Å². The zero-order chi connectivity index (χ0) is 7.68. The molecule has 0 unspecified atom stereocenters. The van der Waals surface area contributed by atoms with Gasteiger partial charge in [0.15, 0.2) is 0 Å². The fourth-order valence-electron chi connectivity index (χ4n) is 1.20. The van der Waals surface area contributed by atoms with Crippen LogP contribution in [-0.2, 0) is 17.8 Å². The number of ether oxygens (including phenoxy) is 1. The van der Waals surface area contributed by atoms with Gasteiger partial charge in [-0.15, -0.1) is 0 Å². The number of halogens is 1. The maximum Gasteiger partial charge on any atom is 0.129 e.